The van der Waals surface area contributed by atoms with Gasteiger partial charge in [-0.3, -0.25) is 4.79 Å². The van der Waals surface area contributed by atoms with Crippen LogP contribution in [0.25, 0.3) is 0 Å². The summed E-state index contributed by atoms with van der Waals surface area (Å²) in [5.74, 6) is 1.75. The molecule has 0 radical (unpaired) electrons. The SMILES string of the molecule is CCC(CNC(=O)c1cc(OC)c2c(c1)OCCO2)c1ccccc1. The van der Waals surface area contributed by atoms with E-state index in [9.17, 15) is 4.79 Å². The van der Waals surface area contributed by atoms with E-state index in [0.29, 0.717) is 42.6 Å². The molecule has 5 heteroatoms. The third-order valence-corrected chi connectivity index (χ3v) is 4.36. The molecule has 1 atom stereocenters. The van der Waals surface area contributed by atoms with Crippen molar-refractivity contribution in [2.75, 3.05) is 26.9 Å². The Morgan fingerprint density at radius 1 is 1.20 bits per heavy atom. The van der Waals surface area contributed by atoms with Crippen molar-refractivity contribution >= 4 is 5.91 Å². The zero-order valence-corrected chi connectivity index (χ0v) is 14.6. The van der Waals surface area contributed by atoms with Gasteiger partial charge in [-0.15, -0.1) is 0 Å². The second kappa shape index (κ2) is 7.92. The first-order valence-corrected chi connectivity index (χ1v) is 8.53. The van der Waals surface area contributed by atoms with Crippen molar-refractivity contribution < 1.29 is 19.0 Å². The highest BCUT2D eigenvalue weighted by atomic mass is 16.6. The Bertz CT molecular complexity index is 713. The molecule has 1 aliphatic rings. The van der Waals surface area contributed by atoms with Crippen LogP contribution < -0.4 is 19.5 Å². The Hall–Kier alpha value is -2.69. The molecule has 0 spiro atoms. The van der Waals surface area contributed by atoms with E-state index in [4.69, 9.17) is 14.2 Å². The molecule has 0 aromatic heterocycles. The summed E-state index contributed by atoms with van der Waals surface area (Å²) >= 11 is 0. The van der Waals surface area contributed by atoms with Crippen molar-refractivity contribution in [3.05, 3.63) is 53.6 Å². The summed E-state index contributed by atoms with van der Waals surface area (Å²) in [5.41, 5.74) is 1.73. The van der Waals surface area contributed by atoms with E-state index in [-0.39, 0.29) is 11.8 Å². The van der Waals surface area contributed by atoms with Crippen LogP contribution in [0.2, 0.25) is 0 Å². The fourth-order valence-electron chi connectivity index (χ4n) is 2.95. The Morgan fingerprint density at radius 2 is 1.96 bits per heavy atom. The predicted octanol–water partition coefficient (Wildman–Crippen LogP) is 3.39. The molecule has 0 bridgehead atoms. The molecule has 1 amide bonds. The standard InChI is InChI=1S/C20H23NO4/c1-3-14(15-7-5-4-6-8-15)13-21-20(22)16-11-17(23-2)19-18(12-16)24-9-10-25-19/h4-8,11-12,14H,3,9-10,13H2,1-2H3,(H,21,22). The number of ether oxygens (including phenoxy) is 3. The summed E-state index contributed by atoms with van der Waals surface area (Å²) in [6.07, 6.45) is 0.953. The first-order chi connectivity index (χ1) is 12.2. The summed E-state index contributed by atoms with van der Waals surface area (Å²) in [6.45, 7) is 3.64. The highest BCUT2D eigenvalue weighted by Crippen LogP contribution is 2.40. The lowest BCUT2D eigenvalue weighted by molar-refractivity contribution is 0.0949. The van der Waals surface area contributed by atoms with E-state index >= 15 is 0 Å². The number of benzene rings is 2. The number of amides is 1. The number of carbonyl (C=O) groups excluding carboxylic acids is 1. The number of fused-ring (bicyclic) bond motifs is 1. The van der Waals surface area contributed by atoms with Crippen molar-refractivity contribution in [2.45, 2.75) is 19.3 Å². The minimum Gasteiger partial charge on any atom is -0.493 e. The second-order valence-corrected chi connectivity index (χ2v) is 5.93. The number of hydrogen-bond donors (Lipinski definition) is 1. The number of rotatable bonds is 6. The van der Waals surface area contributed by atoms with Gasteiger partial charge in [0, 0.05) is 18.0 Å². The molecule has 0 saturated carbocycles. The average Bonchev–Trinajstić information content (AvgIpc) is 2.68. The minimum absolute atomic E-state index is 0.148. The fraction of sp³-hybridized carbons (Fsp3) is 0.350. The number of methoxy groups -OCH3 is 1. The van der Waals surface area contributed by atoms with Gasteiger partial charge in [-0.1, -0.05) is 37.3 Å². The van der Waals surface area contributed by atoms with Gasteiger partial charge < -0.3 is 19.5 Å². The molecule has 0 fully saturated rings. The molecule has 3 rings (SSSR count). The van der Waals surface area contributed by atoms with Crippen molar-refractivity contribution in [1.29, 1.82) is 0 Å². The molecular weight excluding hydrogens is 318 g/mol. The number of nitrogens with one attached hydrogen (secondary N) is 1. The molecule has 1 unspecified atom stereocenters. The third kappa shape index (κ3) is 3.87. The first kappa shape index (κ1) is 17.1. The van der Waals surface area contributed by atoms with Crippen LogP contribution in [-0.4, -0.2) is 32.8 Å². The molecule has 1 N–H and O–H groups in total. The Balaban J connectivity index is 1.73. The molecule has 0 aliphatic carbocycles. The van der Waals surface area contributed by atoms with Crippen molar-refractivity contribution in [2.24, 2.45) is 0 Å². The maximum Gasteiger partial charge on any atom is 0.251 e. The van der Waals surface area contributed by atoms with Crippen LogP contribution >= 0.6 is 0 Å². The summed E-state index contributed by atoms with van der Waals surface area (Å²) in [7, 11) is 1.55. The molecule has 1 aliphatic heterocycles. The average molecular weight is 341 g/mol. The van der Waals surface area contributed by atoms with Gasteiger partial charge in [0.1, 0.15) is 13.2 Å². The lowest BCUT2D eigenvalue weighted by Gasteiger charge is -2.21. The molecule has 132 valence electrons. The summed E-state index contributed by atoms with van der Waals surface area (Å²) in [4.78, 5) is 12.6. The summed E-state index contributed by atoms with van der Waals surface area (Å²) in [6, 6.07) is 13.6. The van der Waals surface area contributed by atoms with Crippen molar-refractivity contribution in [1.82, 2.24) is 5.32 Å². The van der Waals surface area contributed by atoms with Gasteiger partial charge in [0.15, 0.2) is 11.5 Å². The van der Waals surface area contributed by atoms with E-state index in [1.165, 1.54) is 5.56 Å². The lowest BCUT2D eigenvalue weighted by atomic mass is 9.96. The second-order valence-electron chi connectivity index (χ2n) is 5.93. The molecular formula is C20H23NO4. The van der Waals surface area contributed by atoms with E-state index in [0.717, 1.165) is 6.42 Å². The monoisotopic (exact) mass is 341 g/mol. The van der Waals surface area contributed by atoms with Crippen LogP contribution in [0.1, 0.15) is 35.2 Å². The Labute approximate surface area is 147 Å². The zero-order valence-electron chi connectivity index (χ0n) is 14.6. The molecule has 25 heavy (non-hydrogen) atoms. The molecule has 1 heterocycles. The topological polar surface area (TPSA) is 56.8 Å². The van der Waals surface area contributed by atoms with Crippen LogP contribution in [0, 0.1) is 0 Å². The largest absolute Gasteiger partial charge is 0.493 e. The number of carbonyl (C=O) groups is 1. The van der Waals surface area contributed by atoms with E-state index in [2.05, 4.69) is 24.4 Å². The highest BCUT2D eigenvalue weighted by Gasteiger charge is 2.21. The quantitative estimate of drug-likeness (QED) is 0.875. The summed E-state index contributed by atoms with van der Waals surface area (Å²) < 4.78 is 16.5. The third-order valence-electron chi connectivity index (χ3n) is 4.36. The zero-order chi connectivity index (χ0) is 17.6. The first-order valence-electron chi connectivity index (χ1n) is 8.53. The maximum absolute atomic E-state index is 12.6. The lowest BCUT2D eigenvalue weighted by Crippen LogP contribution is -2.28. The van der Waals surface area contributed by atoms with Gasteiger partial charge >= 0.3 is 0 Å². The van der Waals surface area contributed by atoms with Crippen LogP contribution in [0.5, 0.6) is 17.2 Å². The van der Waals surface area contributed by atoms with Crippen LogP contribution in [0.4, 0.5) is 0 Å². The van der Waals surface area contributed by atoms with Gasteiger partial charge in [0.2, 0.25) is 5.75 Å². The summed E-state index contributed by atoms with van der Waals surface area (Å²) in [5, 5.41) is 3.02. The van der Waals surface area contributed by atoms with E-state index in [1.54, 1.807) is 19.2 Å². The normalized spacial score (nSPS) is 13.8. The van der Waals surface area contributed by atoms with E-state index in [1.807, 2.05) is 18.2 Å². The highest BCUT2D eigenvalue weighted by molar-refractivity contribution is 5.95. The van der Waals surface area contributed by atoms with Gasteiger partial charge in [-0.25, -0.2) is 0 Å². The van der Waals surface area contributed by atoms with Gasteiger partial charge in [-0.05, 0) is 24.1 Å². The van der Waals surface area contributed by atoms with Crippen LogP contribution in [0.15, 0.2) is 42.5 Å². The molecule has 5 nitrogen and oxygen atoms in total. The Morgan fingerprint density at radius 3 is 2.68 bits per heavy atom. The number of hydrogen-bond acceptors (Lipinski definition) is 4. The predicted molar refractivity (Wildman–Crippen MR) is 95.8 cm³/mol. The van der Waals surface area contributed by atoms with Gasteiger partial charge in [-0.2, -0.15) is 0 Å². The molecule has 2 aromatic rings. The molecule has 2 aromatic carbocycles. The van der Waals surface area contributed by atoms with Crippen molar-refractivity contribution in [3.63, 3.8) is 0 Å². The minimum atomic E-state index is -0.148. The fourth-order valence-corrected chi connectivity index (χ4v) is 2.95. The maximum atomic E-state index is 12.6. The van der Waals surface area contributed by atoms with Gasteiger partial charge in [0.25, 0.3) is 5.91 Å². The van der Waals surface area contributed by atoms with Gasteiger partial charge in [0.05, 0.1) is 7.11 Å². The van der Waals surface area contributed by atoms with E-state index < -0.39 is 0 Å². The Kier molecular flexibility index (Phi) is 5.43. The smallest absolute Gasteiger partial charge is 0.251 e. The molecule has 0 saturated heterocycles. The van der Waals surface area contributed by atoms with Crippen LogP contribution in [-0.2, 0) is 0 Å². The van der Waals surface area contributed by atoms with Crippen LogP contribution in [0.3, 0.4) is 0 Å². The van der Waals surface area contributed by atoms with Crippen molar-refractivity contribution in [3.8, 4) is 17.2 Å².